The van der Waals surface area contributed by atoms with Crippen LogP contribution in [0.4, 0.5) is 15.2 Å². The van der Waals surface area contributed by atoms with Crippen LogP contribution in [0.3, 0.4) is 0 Å². The molecule has 0 spiro atoms. The van der Waals surface area contributed by atoms with E-state index in [1.165, 1.54) is 35.2 Å². The summed E-state index contributed by atoms with van der Waals surface area (Å²) in [5, 5.41) is 7.86. The van der Waals surface area contributed by atoms with Crippen LogP contribution in [0.2, 0.25) is 0 Å². The molecule has 3 aromatic carbocycles. The number of carbonyl (C=O) groups is 2. The Bertz CT molecular complexity index is 1260. The van der Waals surface area contributed by atoms with Gasteiger partial charge in [0, 0.05) is 21.5 Å². The van der Waals surface area contributed by atoms with Gasteiger partial charge in [-0.15, -0.1) is 23.1 Å². The van der Waals surface area contributed by atoms with Crippen LogP contribution in [0.5, 0.6) is 5.75 Å². The summed E-state index contributed by atoms with van der Waals surface area (Å²) >= 11 is 2.65. The molecule has 34 heavy (non-hydrogen) atoms. The maximum atomic E-state index is 13.1. The molecule has 0 aliphatic rings. The van der Waals surface area contributed by atoms with Gasteiger partial charge >= 0.3 is 0 Å². The SMILES string of the molecule is O=C(COc1ccccc1)Nc1cccc(SCC(=O)Nc2nc(-c3ccc(F)cc3)cs2)c1. The van der Waals surface area contributed by atoms with Crippen molar-refractivity contribution in [1.82, 2.24) is 4.98 Å². The van der Waals surface area contributed by atoms with Crippen LogP contribution in [0, 0.1) is 5.82 Å². The zero-order chi connectivity index (χ0) is 23.8. The van der Waals surface area contributed by atoms with Gasteiger partial charge in [0.15, 0.2) is 11.7 Å². The third kappa shape index (κ3) is 6.90. The number of nitrogens with one attached hydrogen (secondary N) is 2. The van der Waals surface area contributed by atoms with Gasteiger partial charge in [0.1, 0.15) is 11.6 Å². The number of halogens is 1. The molecule has 4 aromatic rings. The first kappa shape index (κ1) is 23.5. The Morgan fingerprint density at radius 3 is 2.53 bits per heavy atom. The van der Waals surface area contributed by atoms with Crippen LogP contribution < -0.4 is 15.4 Å². The molecule has 0 atom stereocenters. The fourth-order valence-electron chi connectivity index (χ4n) is 2.91. The molecule has 0 fully saturated rings. The number of amides is 2. The summed E-state index contributed by atoms with van der Waals surface area (Å²) in [6, 6.07) is 22.4. The zero-order valence-electron chi connectivity index (χ0n) is 17.9. The number of anilines is 2. The lowest BCUT2D eigenvalue weighted by Gasteiger charge is -2.09. The topological polar surface area (TPSA) is 80.3 Å². The number of nitrogens with zero attached hydrogens (tertiary/aromatic N) is 1. The Hall–Kier alpha value is -3.69. The molecule has 1 aromatic heterocycles. The number of hydrogen-bond donors (Lipinski definition) is 2. The van der Waals surface area contributed by atoms with Crippen molar-refractivity contribution in [2.45, 2.75) is 4.90 Å². The third-order valence-electron chi connectivity index (χ3n) is 4.49. The molecule has 1 heterocycles. The number of hydrogen-bond acceptors (Lipinski definition) is 6. The van der Waals surface area contributed by atoms with E-state index in [0.717, 1.165) is 10.5 Å². The highest BCUT2D eigenvalue weighted by Gasteiger charge is 2.10. The molecular weight excluding hydrogens is 473 g/mol. The average molecular weight is 494 g/mol. The van der Waals surface area contributed by atoms with Crippen molar-refractivity contribution in [3.63, 3.8) is 0 Å². The van der Waals surface area contributed by atoms with Crippen LogP contribution >= 0.6 is 23.1 Å². The van der Waals surface area contributed by atoms with Gasteiger partial charge in [0.25, 0.3) is 5.91 Å². The van der Waals surface area contributed by atoms with E-state index in [4.69, 9.17) is 4.74 Å². The fraction of sp³-hybridized carbons (Fsp3) is 0.0800. The quantitative estimate of drug-likeness (QED) is 0.293. The highest BCUT2D eigenvalue weighted by Crippen LogP contribution is 2.26. The molecule has 0 aliphatic carbocycles. The molecule has 4 rings (SSSR count). The van der Waals surface area contributed by atoms with E-state index in [2.05, 4.69) is 15.6 Å². The second-order valence-corrected chi connectivity index (χ2v) is 8.97. The first-order valence-electron chi connectivity index (χ1n) is 10.3. The van der Waals surface area contributed by atoms with Crippen molar-refractivity contribution in [2.24, 2.45) is 0 Å². The number of thiazole rings is 1. The van der Waals surface area contributed by atoms with Crippen molar-refractivity contribution >= 4 is 45.7 Å². The normalized spacial score (nSPS) is 10.5. The molecule has 0 bridgehead atoms. The predicted octanol–water partition coefficient (Wildman–Crippen LogP) is 5.70. The molecule has 172 valence electrons. The number of rotatable bonds is 9. The standard InChI is InChI=1S/C25H20FN3O3S2/c26-18-11-9-17(10-12-18)22-15-34-25(28-22)29-24(31)16-33-21-8-4-5-19(13-21)27-23(30)14-32-20-6-2-1-3-7-20/h1-13,15H,14,16H2,(H,27,30)(H,28,29,31). The second kappa shape index (κ2) is 11.4. The first-order chi connectivity index (χ1) is 16.5. The largest absolute Gasteiger partial charge is 0.484 e. The summed E-state index contributed by atoms with van der Waals surface area (Å²) < 4.78 is 18.5. The third-order valence-corrected chi connectivity index (χ3v) is 6.24. The van der Waals surface area contributed by atoms with Crippen LogP contribution in [-0.2, 0) is 9.59 Å². The minimum absolute atomic E-state index is 0.0997. The van der Waals surface area contributed by atoms with Crippen molar-refractivity contribution in [3.8, 4) is 17.0 Å². The maximum absolute atomic E-state index is 13.1. The molecule has 9 heteroatoms. The molecule has 0 saturated carbocycles. The van der Waals surface area contributed by atoms with Crippen molar-refractivity contribution < 1.29 is 18.7 Å². The van der Waals surface area contributed by atoms with Crippen molar-refractivity contribution in [1.29, 1.82) is 0 Å². The van der Waals surface area contributed by atoms with Crippen LogP contribution in [0.15, 0.2) is 89.1 Å². The molecule has 0 aliphatic heterocycles. The second-order valence-electron chi connectivity index (χ2n) is 7.06. The number of aromatic nitrogens is 1. The molecule has 0 radical (unpaired) electrons. The van der Waals surface area contributed by atoms with E-state index >= 15 is 0 Å². The summed E-state index contributed by atoms with van der Waals surface area (Å²) in [7, 11) is 0. The van der Waals surface area contributed by atoms with Gasteiger partial charge in [0.2, 0.25) is 5.91 Å². The monoisotopic (exact) mass is 493 g/mol. The van der Waals surface area contributed by atoms with E-state index < -0.39 is 0 Å². The van der Waals surface area contributed by atoms with Crippen molar-refractivity contribution in [3.05, 3.63) is 90.1 Å². The molecule has 0 saturated heterocycles. The lowest BCUT2D eigenvalue weighted by Crippen LogP contribution is -2.20. The summed E-state index contributed by atoms with van der Waals surface area (Å²) in [5.74, 6) is 0.0202. The lowest BCUT2D eigenvalue weighted by atomic mass is 10.2. The average Bonchev–Trinajstić information content (AvgIpc) is 3.31. The van der Waals surface area contributed by atoms with Gasteiger partial charge in [-0.25, -0.2) is 9.37 Å². The number of carbonyl (C=O) groups excluding carboxylic acids is 2. The Balaban J connectivity index is 1.25. The fourth-order valence-corrected chi connectivity index (χ4v) is 4.41. The number of thioether (sulfide) groups is 1. The van der Waals surface area contributed by atoms with Crippen LogP contribution in [0.25, 0.3) is 11.3 Å². The minimum Gasteiger partial charge on any atom is -0.484 e. The lowest BCUT2D eigenvalue weighted by molar-refractivity contribution is -0.118. The summed E-state index contributed by atoms with van der Waals surface area (Å²) in [6.45, 7) is -0.0997. The number of para-hydroxylation sites is 1. The van der Waals surface area contributed by atoms with Gasteiger partial charge in [-0.2, -0.15) is 0 Å². The Labute approximate surface area is 204 Å². The van der Waals surface area contributed by atoms with Gasteiger partial charge in [-0.1, -0.05) is 24.3 Å². The van der Waals surface area contributed by atoms with Crippen LogP contribution in [-0.4, -0.2) is 29.2 Å². The van der Waals surface area contributed by atoms with Crippen LogP contribution in [0.1, 0.15) is 0 Å². The molecular formula is C25H20FN3O3S2. The summed E-state index contributed by atoms with van der Waals surface area (Å²) in [4.78, 5) is 29.7. The minimum atomic E-state index is -0.311. The van der Waals surface area contributed by atoms with Gasteiger partial charge < -0.3 is 15.4 Å². The first-order valence-corrected chi connectivity index (χ1v) is 12.1. The number of ether oxygens (including phenoxy) is 1. The number of benzene rings is 3. The molecule has 2 N–H and O–H groups in total. The zero-order valence-corrected chi connectivity index (χ0v) is 19.5. The van der Waals surface area contributed by atoms with Gasteiger partial charge in [-0.3, -0.25) is 9.59 Å². The predicted molar refractivity (Wildman–Crippen MR) is 134 cm³/mol. The van der Waals surface area contributed by atoms with Crippen molar-refractivity contribution in [2.75, 3.05) is 23.0 Å². The Morgan fingerprint density at radius 1 is 0.941 bits per heavy atom. The summed E-state index contributed by atoms with van der Waals surface area (Å²) in [6.07, 6.45) is 0. The maximum Gasteiger partial charge on any atom is 0.262 e. The van der Waals surface area contributed by atoms with E-state index in [1.54, 1.807) is 36.4 Å². The van der Waals surface area contributed by atoms with Gasteiger partial charge in [-0.05, 0) is 54.6 Å². The molecule has 0 unspecified atom stereocenters. The highest BCUT2D eigenvalue weighted by atomic mass is 32.2. The smallest absolute Gasteiger partial charge is 0.262 e. The summed E-state index contributed by atoms with van der Waals surface area (Å²) in [5.41, 5.74) is 2.07. The molecule has 6 nitrogen and oxygen atoms in total. The van der Waals surface area contributed by atoms with E-state index in [-0.39, 0.29) is 30.0 Å². The van der Waals surface area contributed by atoms with Gasteiger partial charge in [0.05, 0.1) is 11.4 Å². The van der Waals surface area contributed by atoms with E-state index in [9.17, 15) is 14.0 Å². The Morgan fingerprint density at radius 2 is 1.74 bits per heavy atom. The Kier molecular flexibility index (Phi) is 7.90. The van der Waals surface area contributed by atoms with E-state index in [0.29, 0.717) is 22.3 Å². The highest BCUT2D eigenvalue weighted by molar-refractivity contribution is 8.00. The van der Waals surface area contributed by atoms with E-state index in [1.807, 2.05) is 35.7 Å². The molecule has 2 amide bonds.